The number of nitrogens with one attached hydrogen (secondary N) is 1. The van der Waals surface area contributed by atoms with Crippen LogP contribution in [0.1, 0.15) is 39.2 Å². The van der Waals surface area contributed by atoms with Crippen molar-refractivity contribution in [2.45, 2.75) is 39.0 Å². The van der Waals surface area contributed by atoms with Crippen LogP contribution in [0, 0.1) is 5.92 Å². The van der Waals surface area contributed by atoms with Crippen LogP contribution in [-0.2, 0) is 10.2 Å². The van der Waals surface area contributed by atoms with Gasteiger partial charge in [0.25, 0.3) is 0 Å². The highest BCUT2D eigenvalue weighted by molar-refractivity contribution is 7.99. The summed E-state index contributed by atoms with van der Waals surface area (Å²) in [6, 6.07) is 8.23. The van der Waals surface area contributed by atoms with Crippen LogP contribution in [0.2, 0.25) is 0 Å². The fourth-order valence-electron chi connectivity index (χ4n) is 2.26. The van der Waals surface area contributed by atoms with E-state index in [0.29, 0.717) is 0 Å². The highest BCUT2D eigenvalue weighted by Gasteiger charge is 2.21. The van der Waals surface area contributed by atoms with Gasteiger partial charge >= 0.3 is 0 Å². The van der Waals surface area contributed by atoms with Gasteiger partial charge in [0.1, 0.15) is 0 Å². The number of thioether (sulfide) groups is 1. The zero-order valence-corrected chi connectivity index (χ0v) is 12.8. The van der Waals surface area contributed by atoms with Gasteiger partial charge in [-0.05, 0) is 47.5 Å². The molecule has 1 aliphatic rings. The van der Waals surface area contributed by atoms with Gasteiger partial charge in [-0.2, -0.15) is 11.8 Å². The van der Waals surface area contributed by atoms with Crippen molar-refractivity contribution in [3.05, 3.63) is 29.8 Å². The molecule has 104 valence electrons. The minimum atomic E-state index is 0.156. The summed E-state index contributed by atoms with van der Waals surface area (Å²) < 4.78 is 0. The third-order valence-corrected chi connectivity index (χ3v) is 4.66. The molecule has 2 rings (SSSR count). The summed E-state index contributed by atoms with van der Waals surface area (Å²) in [4.78, 5) is 12.1. The Labute approximate surface area is 120 Å². The molecule has 3 heteroatoms. The van der Waals surface area contributed by atoms with Crippen molar-refractivity contribution < 1.29 is 4.79 Å². The molecule has 0 saturated carbocycles. The van der Waals surface area contributed by atoms with Crippen molar-refractivity contribution in [3.8, 4) is 0 Å². The maximum Gasteiger partial charge on any atom is 0.227 e. The third-order valence-electron chi connectivity index (χ3n) is 3.61. The number of rotatable bonds is 2. The molecular formula is C16H23NOS. The van der Waals surface area contributed by atoms with Gasteiger partial charge < -0.3 is 5.32 Å². The second-order valence-electron chi connectivity index (χ2n) is 6.20. The Hall–Kier alpha value is -0.960. The normalized spacial score (nSPS) is 17.2. The Balaban J connectivity index is 1.97. The third kappa shape index (κ3) is 4.00. The predicted octanol–water partition coefficient (Wildman–Crippen LogP) is 4.07. The zero-order chi connectivity index (χ0) is 13.9. The summed E-state index contributed by atoms with van der Waals surface area (Å²) >= 11 is 1.95. The van der Waals surface area contributed by atoms with E-state index in [4.69, 9.17) is 0 Å². The van der Waals surface area contributed by atoms with Gasteiger partial charge in [-0.25, -0.2) is 0 Å². The standard InChI is InChI=1S/C16H23NOS/c1-16(2,3)13-4-6-14(7-5-13)17-15(18)12-8-10-19-11-9-12/h4-7,12H,8-11H2,1-3H3,(H,17,18). The number of anilines is 1. The van der Waals surface area contributed by atoms with E-state index >= 15 is 0 Å². The first kappa shape index (κ1) is 14.4. The van der Waals surface area contributed by atoms with E-state index in [9.17, 15) is 4.79 Å². The lowest BCUT2D eigenvalue weighted by molar-refractivity contribution is -0.120. The number of benzene rings is 1. The molecule has 1 aromatic rings. The number of hydrogen-bond acceptors (Lipinski definition) is 2. The van der Waals surface area contributed by atoms with Crippen LogP contribution in [0.15, 0.2) is 24.3 Å². The molecule has 0 aliphatic carbocycles. The van der Waals surface area contributed by atoms with Crippen LogP contribution in [-0.4, -0.2) is 17.4 Å². The van der Waals surface area contributed by atoms with Gasteiger partial charge in [-0.3, -0.25) is 4.79 Å². The fraction of sp³-hybridized carbons (Fsp3) is 0.562. The molecule has 2 nitrogen and oxygen atoms in total. The average molecular weight is 277 g/mol. The Bertz CT molecular complexity index is 427. The largest absolute Gasteiger partial charge is 0.326 e. The molecule has 1 aromatic carbocycles. The van der Waals surface area contributed by atoms with Crippen LogP contribution in [0.25, 0.3) is 0 Å². The number of carbonyl (C=O) groups is 1. The van der Waals surface area contributed by atoms with E-state index in [1.807, 2.05) is 23.9 Å². The van der Waals surface area contributed by atoms with Crippen LogP contribution < -0.4 is 5.32 Å². The molecule has 0 unspecified atom stereocenters. The lowest BCUT2D eigenvalue weighted by Crippen LogP contribution is -2.26. The molecule has 1 saturated heterocycles. The average Bonchev–Trinajstić information content (AvgIpc) is 2.39. The second-order valence-corrected chi connectivity index (χ2v) is 7.43. The molecule has 0 radical (unpaired) electrons. The predicted molar refractivity (Wildman–Crippen MR) is 83.8 cm³/mol. The maximum atomic E-state index is 12.1. The Kier molecular flexibility index (Phi) is 4.56. The first-order valence-corrected chi connectivity index (χ1v) is 8.11. The van der Waals surface area contributed by atoms with E-state index in [-0.39, 0.29) is 17.2 Å². The van der Waals surface area contributed by atoms with Crippen molar-refractivity contribution >= 4 is 23.4 Å². The van der Waals surface area contributed by atoms with Crippen LogP contribution in [0.3, 0.4) is 0 Å². The summed E-state index contributed by atoms with van der Waals surface area (Å²) in [5, 5.41) is 3.04. The molecule has 0 spiro atoms. The number of hydrogen-bond donors (Lipinski definition) is 1. The lowest BCUT2D eigenvalue weighted by Gasteiger charge is -2.21. The molecular weight excluding hydrogens is 254 g/mol. The van der Waals surface area contributed by atoms with E-state index in [0.717, 1.165) is 30.0 Å². The summed E-state index contributed by atoms with van der Waals surface area (Å²) in [6.45, 7) is 6.58. The van der Waals surface area contributed by atoms with Gasteiger partial charge in [-0.15, -0.1) is 0 Å². The van der Waals surface area contributed by atoms with Crippen molar-refractivity contribution in [1.29, 1.82) is 0 Å². The van der Waals surface area contributed by atoms with E-state index in [1.54, 1.807) is 0 Å². The van der Waals surface area contributed by atoms with Gasteiger partial charge in [0.05, 0.1) is 0 Å². The summed E-state index contributed by atoms with van der Waals surface area (Å²) in [5.74, 6) is 2.61. The molecule has 0 aromatic heterocycles. The molecule has 19 heavy (non-hydrogen) atoms. The summed E-state index contributed by atoms with van der Waals surface area (Å²) in [5.41, 5.74) is 2.36. The van der Waals surface area contributed by atoms with E-state index < -0.39 is 0 Å². The lowest BCUT2D eigenvalue weighted by atomic mass is 9.87. The highest BCUT2D eigenvalue weighted by Crippen LogP contribution is 2.26. The number of carbonyl (C=O) groups excluding carboxylic acids is 1. The second kappa shape index (κ2) is 6.00. The topological polar surface area (TPSA) is 29.1 Å². The van der Waals surface area contributed by atoms with Gasteiger partial charge in [0.2, 0.25) is 5.91 Å². The summed E-state index contributed by atoms with van der Waals surface area (Å²) in [6.07, 6.45) is 2.02. The Morgan fingerprint density at radius 1 is 1.16 bits per heavy atom. The van der Waals surface area contributed by atoms with Gasteiger partial charge in [-0.1, -0.05) is 32.9 Å². The zero-order valence-electron chi connectivity index (χ0n) is 12.0. The van der Waals surface area contributed by atoms with Crippen molar-refractivity contribution in [2.24, 2.45) is 5.92 Å². The van der Waals surface area contributed by atoms with E-state index in [2.05, 4.69) is 38.2 Å². The minimum Gasteiger partial charge on any atom is -0.326 e. The minimum absolute atomic E-state index is 0.156. The smallest absolute Gasteiger partial charge is 0.227 e. The van der Waals surface area contributed by atoms with Crippen molar-refractivity contribution in [2.75, 3.05) is 16.8 Å². The Morgan fingerprint density at radius 2 is 1.74 bits per heavy atom. The van der Waals surface area contributed by atoms with Gasteiger partial charge in [0.15, 0.2) is 0 Å². The molecule has 0 bridgehead atoms. The first-order valence-electron chi connectivity index (χ1n) is 6.96. The number of amides is 1. The Morgan fingerprint density at radius 3 is 2.26 bits per heavy atom. The monoisotopic (exact) mass is 277 g/mol. The fourth-order valence-corrected chi connectivity index (χ4v) is 3.36. The molecule has 1 aliphatic heterocycles. The summed E-state index contributed by atoms with van der Waals surface area (Å²) in [7, 11) is 0. The molecule has 1 fully saturated rings. The maximum absolute atomic E-state index is 12.1. The quantitative estimate of drug-likeness (QED) is 0.883. The molecule has 1 amide bonds. The molecule has 1 N–H and O–H groups in total. The van der Waals surface area contributed by atoms with Crippen molar-refractivity contribution in [1.82, 2.24) is 0 Å². The van der Waals surface area contributed by atoms with Crippen LogP contribution in [0.5, 0.6) is 0 Å². The van der Waals surface area contributed by atoms with Crippen LogP contribution in [0.4, 0.5) is 5.69 Å². The SMILES string of the molecule is CC(C)(C)c1ccc(NC(=O)C2CCSCC2)cc1. The molecule has 0 atom stereocenters. The van der Waals surface area contributed by atoms with E-state index in [1.165, 1.54) is 5.56 Å². The van der Waals surface area contributed by atoms with Crippen molar-refractivity contribution in [3.63, 3.8) is 0 Å². The van der Waals surface area contributed by atoms with Crippen LogP contribution >= 0.6 is 11.8 Å². The molecule has 1 heterocycles. The van der Waals surface area contributed by atoms with Gasteiger partial charge in [0, 0.05) is 11.6 Å². The first-order chi connectivity index (χ1) is 8.97. The highest BCUT2D eigenvalue weighted by atomic mass is 32.2.